The molecule has 156 valence electrons. The van der Waals surface area contributed by atoms with Crippen molar-refractivity contribution in [3.8, 4) is 0 Å². The summed E-state index contributed by atoms with van der Waals surface area (Å²) in [6, 6.07) is 12.4. The van der Waals surface area contributed by atoms with Crippen LogP contribution in [0.15, 0.2) is 42.6 Å². The van der Waals surface area contributed by atoms with Gasteiger partial charge in [0.2, 0.25) is 0 Å². The van der Waals surface area contributed by atoms with Crippen molar-refractivity contribution in [1.82, 2.24) is 10.3 Å². The van der Waals surface area contributed by atoms with Gasteiger partial charge in [0.05, 0.1) is 0 Å². The lowest BCUT2D eigenvalue weighted by molar-refractivity contribution is 0.0951. The molecule has 2 heterocycles. The van der Waals surface area contributed by atoms with Gasteiger partial charge in [-0.2, -0.15) is 0 Å². The summed E-state index contributed by atoms with van der Waals surface area (Å²) in [7, 11) is 0. The quantitative estimate of drug-likeness (QED) is 0.752. The second-order valence-electron chi connectivity index (χ2n) is 8.30. The zero-order valence-corrected chi connectivity index (χ0v) is 18.2. The molecule has 2 aromatic rings. The lowest BCUT2D eigenvalue weighted by Crippen LogP contribution is -2.33. The molecule has 1 aliphatic heterocycles. The Morgan fingerprint density at radius 1 is 1.17 bits per heavy atom. The molecule has 0 bridgehead atoms. The number of nitrogens with zero attached hydrogens (tertiary/aromatic N) is 3. The fourth-order valence-electron chi connectivity index (χ4n) is 3.88. The van der Waals surface area contributed by atoms with Crippen LogP contribution in [0.25, 0.3) is 0 Å². The molecule has 0 spiro atoms. The molecule has 0 unspecified atom stereocenters. The molecule has 1 saturated heterocycles. The fourth-order valence-corrected chi connectivity index (χ4v) is 3.88. The van der Waals surface area contributed by atoms with E-state index < -0.39 is 0 Å². The van der Waals surface area contributed by atoms with Crippen LogP contribution in [0.2, 0.25) is 0 Å². The van der Waals surface area contributed by atoms with Crippen LogP contribution < -0.4 is 15.1 Å². The van der Waals surface area contributed by atoms with Crippen molar-refractivity contribution in [1.29, 1.82) is 0 Å². The zero-order valence-electron chi connectivity index (χ0n) is 18.2. The van der Waals surface area contributed by atoms with Crippen LogP contribution >= 0.6 is 0 Å². The van der Waals surface area contributed by atoms with Crippen LogP contribution in [0.1, 0.15) is 56.5 Å². The van der Waals surface area contributed by atoms with Crippen LogP contribution in [0.3, 0.4) is 0 Å². The Kier molecular flexibility index (Phi) is 7.13. The first-order chi connectivity index (χ1) is 14.0. The summed E-state index contributed by atoms with van der Waals surface area (Å²) in [5.41, 5.74) is 2.84. The maximum Gasteiger partial charge on any atom is 0.251 e. The molecule has 1 aromatic heterocycles. The minimum absolute atomic E-state index is 0.0572. The molecule has 5 nitrogen and oxygen atoms in total. The summed E-state index contributed by atoms with van der Waals surface area (Å²) >= 11 is 0. The lowest BCUT2D eigenvalue weighted by Gasteiger charge is -2.31. The molecular formula is C24H34N4O. The zero-order chi connectivity index (χ0) is 20.8. The van der Waals surface area contributed by atoms with Crippen molar-refractivity contribution >= 4 is 17.4 Å². The molecule has 3 rings (SSSR count). The van der Waals surface area contributed by atoms with Gasteiger partial charge < -0.3 is 15.1 Å². The maximum atomic E-state index is 12.5. The van der Waals surface area contributed by atoms with Gasteiger partial charge in [-0.3, -0.25) is 4.79 Å². The molecule has 1 N–H and O–H groups in total. The third-order valence-corrected chi connectivity index (χ3v) is 5.79. The fraction of sp³-hybridized carbons (Fsp3) is 0.500. The SMILES string of the molecule is CCN(c1ccc(C(=O)NCc2ccc(N3CCC(C)CC3)nc2)cc1)C(C)C. The molecule has 1 fully saturated rings. The van der Waals surface area contributed by atoms with E-state index >= 15 is 0 Å². The number of hydrogen-bond donors (Lipinski definition) is 1. The first kappa shape index (κ1) is 21.2. The van der Waals surface area contributed by atoms with E-state index in [2.05, 4.69) is 59.9 Å². The molecule has 5 heteroatoms. The summed E-state index contributed by atoms with van der Waals surface area (Å²) in [5.74, 6) is 1.79. The number of benzene rings is 1. The van der Waals surface area contributed by atoms with Crippen molar-refractivity contribution in [3.05, 3.63) is 53.7 Å². The highest BCUT2D eigenvalue weighted by atomic mass is 16.1. The number of carbonyl (C=O) groups is 1. The largest absolute Gasteiger partial charge is 0.369 e. The Bertz CT molecular complexity index is 778. The lowest BCUT2D eigenvalue weighted by atomic mass is 9.99. The number of anilines is 2. The van der Waals surface area contributed by atoms with E-state index in [1.165, 1.54) is 12.8 Å². The monoisotopic (exact) mass is 394 g/mol. The van der Waals surface area contributed by atoms with Gasteiger partial charge in [-0.1, -0.05) is 13.0 Å². The smallest absolute Gasteiger partial charge is 0.251 e. The van der Waals surface area contributed by atoms with Crippen molar-refractivity contribution in [2.45, 2.75) is 53.1 Å². The predicted octanol–water partition coefficient (Wildman–Crippen LogP) is 4.48. The number of nitrogens with one attached hydrogen (secondary N) is 1. The van der Waals surface area contributed by atoms with Crippen LogP contribution in [0.5, 0.6) is 0 Å². The van der Waals surface area contributed by atoms with Crippen molar-refractivity contribution in [3.63, 3.8) is 0 Å². The van der Waals surface area contributed by atoms with Gasteiger partial charge in [-0.25, -0.2) is 4.98 Å². The van der Waals surface area contributed by atoms with E-state index in [1.807, 2.05) is 30.5 Å². The highest BCUT2D eigenvalue weighted by Crippen LogP contribution is 2.21. The van der Waals surface area contributed by atoms with Crippen LogP contribution in [0.4, 0.5) is 11.5 Å². The van der Waals surface area contributed by atoms with Crippen molar-refractivity contribution in [2.75, 3.05) is 29.4 Å². The Morgan fingerprint density at radius 2 is 1.86 bits per heavy atom. The minimum atomic E-state index is -0.0572. The van der Waals surface area contributed by atoms with E-state index in [-0.39, 0.29) is 5.91 Å². The van der Waals surface area contributed by atoms with Gasteiger partial charge in [0, 0.05) is 49.7 Å². The van der Waals surface area contributed by atoms with Gasteiger partial charge in [-0.05, 0) is 75.4 Å². The number of hydrogen-bond acceptors (Lipinski definition) is 4. The van der Waals surface area contributed by atoms with Crippen LogP contribution in [-0.4, -0.2) is 36.6 Å². The van der Waals surface area contributed by atoms with Crippen LogP contribution in [-0.2, 0) is 6.54 Å². The highest BCUT2D eigenvalue weighted by Gasteiger charge is 2.16. The standard InChI is InChI=1S/C24H34N4O/c1-5-28(18(2)3)22-9-7-21(8-10-22)24(29)26-17-20-6-11-23(25-16-20)27-14-12-19(4)13-15-27/h6-11,16,18-19H,5,12-15,17H2,1-4H3,(H,26,29). The first-order valence-corrected chi connectivity index (χ1v) is 10.8. The Balaban J connectivity index is 1.53. The van der Waals surface area contributed by atoms with Gasteiger partial charge in [0.15, 0.2) is 0 Å². The Hall–Kier alpha value is -2.56. The summed E-state index contributed by atoms with van der Waals surface area (Å²) < 4.78 is 0. The number of piperidine rings is 1. The number of amides is 1. The second-order valence-corrected chi connectivity index (χ2v) is 8.30. The van der Waals surface area contributed by atoms with E-state index in [0.29, 0.717) is 18.2 Å². The summed E-state index contributed by atoms with van der Waals surface area (Å²) in [6.45, 7) is 12.4. The second kappa shape index (κ2) is 9.77. The summed E-state index contributed by atoms with van der Waals surface area (Å²) in [5, 5.41) is 3.00. The third-order valence-electron chi connectivity index (χ3n) is 5.79. The molecule has 0 saturated carbocycles. The molecule has 0 atom stereocenters. The van der Waals surface area contributed by atoms with E-state index in [0.717, 1.165) is 42.6 Å². The number of carbonyl (C=O) groups excluding carboxylic acids is 1. The predicted molar refractivity (Wildman–Crippen MR) is 121 cm³/mol. The average Bonchev–Trinajstić information content (AvgIpc) is 2.74. The van der Waals surface area contributed by atoms with Crippen LogP contribution in [0, 0.1) is 5.92 Å². The number of pyridine rings is 1. The summed E-state index contributed by atoms with van der Waals surface area (Å²) in [4.78, 5) is 21.7. The van der Waals surface area contributed by atoms with E-state index in [9.17, 15) is 4.79 Å². The van der Waals surface area contributed by atoms with Gasteiger partial charge in [0.1, 0.15) is 5.82 Å². The third kappa shape index (κ3) is 5.49. The normalized spacial score (nSPS) is 14.9. The van der Waals surface area contributed by atoms with E-state index in [1.54, 1.807) is 0 Å². The summed E-state index contributed by atoms with van der Waals surface area (Å²) in [6.07, 6.45) is 4.33. The van der Waals surface area contributed by atoms with Gasteiger partial charge in [0.25, 0.3) is 5.91 Å². The van der Waals surface area contributed by atoms with Crippen molar-refractivity contribution < 1.29 is 4.79 Å². The molecule has 29 heavy (non-hydrogen) atoms. The average molecular weight is 395 g/mol. The molecule has 1 aliphatic rings. The maximum absolute atomic E-state index is 12.5. The number of rotatable bonds is 7. The Labute approximate surface area is 175 Å². The minimum Gasteiger partial charge on any atom is -0.369 e. The number of aromatic nitrogens is 1. The highest BCUT2D eigenvalue weighted by molar-refractivity contribution is 5.94. The molecule has 1 aromatic carbocycles. The molecular weight excluding hydrogens is 360 g/mol. The molecule has 0 aliphatic carbocycles. The first-order valence-electron chi connectivity index (χ1n) is 10.8. The Morgan fingerprint density at radius 3 is 2.41 bits per heavy atom. The van der Waals surface area contributed by atoms with Gasteiger partial charge >= 0.3 is 0 Å². The van der Waals surface area contributed by atoms with Gasteiger partial charge in [-0.15, -0.1) is 0 Å². The molecule has 0 radical (unpaired) electrons. The topological polar surface area (TPSA) is 48.5 Å². The van der Waals surface area contributed by atoms with Crippen molar-refractivity contribution in [2.24, 2.45) is 5.92 Å². The van der Waals surface area contributed by atoms with E-state index in [4.69, 9.17) is 0 Å². The molecule has 1 amide bonds.